The van der Waals surface area contributed by atoms with Crippen molar-refractivity contribution in [1.29, 1.82) is 0 Å². The maximum Gasteiger partial charge on any atom is 0.234 e. The Hall–Kier alpha value is -2.33. The first kappa shape index (κ1) is 20.0. The minimum atomic E-state index is 0.102. The average Bonchev–Trinajstić information content (AvgIpc) is 2.66. The van der Waals surface area contributed by atoms with Crippen LogP contribution in [0.1, 0.15) is 24.5 Å². The van der Waals surface area contributed by atoms with Crippen LogP contribution in [0.25, 0.3) is 0 Å². The van der Waals surface area contributed by atoms with Crippen LogP contribution < -0.4 is 10.2 Å². The van der Waals surface area contributed by atoms with Gasteiger partial charge in [0.1, 0.15) is 0 Å². The average molecular weight is 354 g/mol. The highest BCUT2D eigenvalue weighted by Crippen LogP contribution is 2.13. The van der Waals surface area contributed by atoms with Crippen molar-refractivity contribution in [3.05, 3.63) is 65.7 Å². The highest BCUT2D eigenvalue weighted by Gasteiger charge is 2.09. The van der Waals surface area contributed by atoms with Gasteiger partial charge in [-0.05, 0) is 42.6 Å². The van der Waals surface area contributed by atoms with Gasteiger partial charge in [0.15, 0.2) is 0 Å². The van der Waals surface area contributed by atoms with Gasteiger partial charge in [0.2, 0.25) is 5.91 Å². The Morgan fingerprint density at radius 1 is 0.962 bits per heavy atom. The smallest absolute Gasteiger partial charge is 0.234 e. The van der Waals surface area contributed by atoms with Crippen LogP contribution in [0, 0.1) is 0 Å². The van der Waals surface area contributed by atoms with Crippen molar-refractivity contribution in [2.24, 2.45) is 0 Å². The molecule has 0 aromatic heterocycles. The van der Waals surface area contributed by atoms with E-state index in [0.717, 1.165) is 32.5 Å². The number of hydrogen-bond donors (Lipinski definition) is 1. The van der Waals surface area contributed by atoms with Gasteiger partial charge in [-0.3, -0.25) is 9.69 Å². The third-order valence-corrected chi connectivity index (χ3v) is 4.48. The van der Waals surface area contributed by atoms with Gasteiger partial charge in [0, 0.05) is 32.9 Å². The summed E-state index contributed by atoms with van der Waals surface area (Å²) in [6, 6.07) is 18.9. The predicted molar refractivity (Wildman–Crippen MR) is 109 cm³/mol. The van der Waals surface area contributed by atoms with E-state index in [2.05, 4.69) is 70.6 Å². The summed E-state index contributed by atoms with van der Waals surface area (Å²) < 4.78 is 0. The van der Waals surface area contributed by atoms with Crippen molar-refractivity contribution in [3.63, 3.8) is 0 Å². The lowest BCUT2D eigenvalue weighted by molar-refractivity contribution is -0.122. The van der Waals surface area contributed by atoms with Gasteiger partial charge in [0.05, 0.1) is 6.54 Å². The maximum atomic E-state index is 12.2. The first-order valence-electron chi connectivity index (χ1n) is 9.37. The molecule has 0 aliphatic rings. The van der Waals surface area contributed by atoms with Gasteiger partial charge < -0.3 is 10.2 Å². The lowest BCUT2D eigenvalue weighted by atomic mass is 10.1. The van der Waals surface area contributed by atoms with E-state index in [4.69, 9.17) is 0 Å². The van der Waals surface area contributed by atoms with Crippen LogP contribution in [-0.2, 0) is 17.8 Å². The van der Waals surface area contributed by atoms with E-state index in [0.29, 0.717) is 6.54 Å². The predicted octanol–water partition coefficient (Wildman–Crippen LogP) is 3.32. The van der Waals surface area contributed by atoms with Crippen LogP contribution in [0.15, 0.2) is 54.6 Å². The summed E-state index contributed by atoms with van der Waals surface area (Å²) in [6.45, 7) is 4.91. The molecule has 0 unspecified atom stereocenters. The van der Waals surface area contributed by atoms with Crippen molar-refractivity contribution in [2.45, 2.75) is 26.3 Å². The highest BCUT2D eigenvalue weighted by atomic mass is 16.2. The fourth-order valence-corrected chi connectivity index (χ4v) is 2.86. The van der Waals surface area contributed by atoms with Gasteiger partial charge >= 0.3 is 0 Å². The molecule has 1 N–H and O–H groups in total. The van der Waals surface area contributed by atoms with Crippen molar-refractivity contribution in [1.82, 2.24) is 10.2 Å². The molecule has 0 radical (unpaired) electrons. The SMILES string of the molecule is CCN(CC(=O)NCCCc1ccccc1)Cc1ccc(N(C)C)cc1. The number of amides is 1. The molecule has 4 heteroatoms. The van der Waals surface area contributed by atoms with Crippen LogP contribution in [0.4, 0.5) is 5.69 Å². The second-order valence-electron chi connectivity index (χ2n) is 6.80. The quantitative estimate of drug-likeness (QED) is 0.666. The fraction of sp³-hybridized carbons (Fsp3) is 0.409. The summed E-state index contributed by atoms with van der Waals surface area (Å²) in [4.78, 5) is 16.4. The van der Waals surface area contributed by atoms with Crippen molar-refractivity contribution in [3.8, 4) is 0 Å². The molecule has 140 valence electrons. The molecule has 2 aromatic carbocycles. The number of benzene rings is 2. The number of rotatable bonds is 10. The Morgan fingerprint density at radius 3 is 2.27 bits per heavy atom. The molecule has 0 spiro atoms. The number of hydrogen-bond acceptors (Lipinski definition) is 3. The molecule has 0 aliphatic carbocycles. The Balaban J connectivity index is 1.71. The fourth-order valence-electron chi connectivity index (χ4n) is 2.86. The summed E-state index contributed by atoms with van der Waals surface area (Å²) in [5.41, 5.74) is 3.74. The van der Waals surface area contributed by atoms with E-state index in [1.165, 1.54) is 16.8 Å². The van der Waals surface area contributed by atoms with Gasteiger partial charge in [-0.25, -0.2) is 0 Å². The molecule has 0 fully saturated rings. The number of carbonyl (C=O) groups is 1. The second kappa shape index (κ2) is 10.6. The Morgan fingerprint density at radius 2 is 1.65 bits per heavy atom. The third kappa shape index (κ3) is 6.89. The van der Waals surface area contributed by atoms with Crippen molar-refractivity contribution >= 4 is 11.6 Å². The minimum absolute atomic E-state index is 0.102. The van der Waals surface area contributed by atoms with Crippen LogP contribution in [0.3, 0.4) is 0 Å². The molecule has 0 saturated heterocycles. The molecule has 0 heterocycles. The molecule has 0 saturated carbocycles. The summed E-state index contributed by atoms with van der Waals surface area (Å²) in [5, 5.41) is 3.04. The molecule has 26 heavy (non-hydrogen) atoms. The molecule has 0 atom stereocenters. The summed E-state index contributed by atoms with van der Waals surface area (Å²) in [7, 11) is 4.07. The van der Waals surface area contributed by atoms with Gasteiger partial charge in [-0.1, -0.05) is 49.4 Å². The van der Waals surface area contributed by atoms with Crippen molar-refractivity contribution < 1.29 is 4.79 Å². The summed E-state index contributed by atoms with van der Waals surface area (Å²) in [6.07, 6.45) is 1.96. The van der Waals surface area contributed by atoms with Crippen LogP contribution in [0.5, 0.6) is 0 Å². The van der Waals surface area contributed by atoms with Crippen LogP contribution in [0.2, 0.25) is 0 Å². The lowest BCUT2D eigenvalue weighted by Gasteiger charge is -2.20. The lowest BCUT2D eigenvalue weighted by Crippen LogP contribution is -2.37. The molecule has 0 aliphatic heterocycles. The largest absolute Gasteiger partial charge is 0.378 e. The van der Waals surface area contributed by atoms with E-state index in [-0.39, 0.29) is 5.91 Å². The molecular weight excluding hydrogens is 322 g/mol. The van der Waals surface area contributed by atoms with Crippen LogP contribution in [-0.4, -0.2) is 44.5 Å². The van der Waals surface area contributed by atoms with E-state index in [1.54, 1.807) is 0 Å². The standard InChI is InChI=1S/C22H31N3O/c1-4-25(17-20-12-14-21(15-13-20)24(2)3)18-22(26)23-16-8-11-19-9-6-5-7-10-19/h5-7,9-10,12-15H,4,8,11,16-18H2,1-3H3,(H,23,26). The first-order valence-corrected chi connectivity index (χ1v) is 9.37. The Bertz CT molecular complexity index is 653. The zero-order valence-electron chi connectivity index (χ0n) is 16.2. The molecule has 1 amide bonds. The Kier molecular flexibility index (Phi) is 8.16. The van der Waals surface area contributed by atoms with Crippen molar-refractivity contribution in [2.75, 3.05) is 38.6 Å². The zero-order valence-corrected chi connectivity index (χ0v) is 16.2. The normalized spacial score (nSPS) is 10.8. The molecule has 2 aromatic rings. The molecular formula is C22H31N3O. The van der Waals surface area contributed by atoms with E-state index < -0.39 is 0 Å². The van der Waals surface area contributed by atoms with E-state index >= 15 is 0 Å². The second-order valence-corrected chi connectivity index (χ2v) is 6.80. The number of aryl methyl sites for hydroxylation is 1. The molecule has 4 nitrogen and oxygen atoms in total. The zero-order chi connectivity index (χ0) is 18.8. The van der Waals surface area contributed by atoms with Gasteiger partial charge in [0.25, 0.3) is 0 Å². The monoisotopic (exact) mass is 353 g/mol. The maximum absolute atomic E-state index is 12.2. The third-order valence-electron chi connectivity index (χ3n) is 4.48. The highest BCUT2D eigenvalue weighted by molar-refractivity contribution is 5.77. The van der Waals surface area contributed by atoms with E-state index in [9.17, 15) is 4.79 Å². The molecule has 0 bridgehead atoms. The van der Waals surface area contributed by atoms with Gasteiger partial charge in [-0.2, -0.15) is 0 Å². The Labute approximate surface area is 157 Å². The van der Waals surface area contributed by atoms with Gasteiger partial charge in [-0.15, -0.1) is 0 Å². The summed E-state index contributed by atoms with van der Waals surface area (Å²) in [5.74, 6) is 0.102. The van der Waals surface area contributed by atoms with Crippen LogP contribution >= 0.6 is 0 Å². The number of nitrogens with one attached hydrogen (secondary N) is 1. The number of likely N-dealkylation sites (N-methyl/N-ethyl adjacent to an activating group) is 1. The molecule has 2 rings (SSSR count). The number of nitrogens with zero attached hydrogens (tertiary/aromatic N) is 2. The summed E-state index contributed by atoms with van der Waals surface area (Å²) >= 11 is 0. The number of carbonyl (C=O) groups excluding carboxylic acids is 1. The van der Waals surface area contributed by atoms with E-state index in [1.807, 2.05) is 20.2 Å². The topological polar surface area (TPSA) is 35.6 Å². The minimum Gasteiger partial charge on any atom is -0.378 e. The first-order chi connectivity index (χ1) is 12.6. The number of anilines is 1.